The Hall–Kier alpha value is -2.83. The van der Waals surface area contributed by atoms with Crippen LogP contribution in [0, 0.1) is 0 Å². The number of H-pyrrole nitrogens is 1. The van der Waals surface area contributed by atoms with E-state index in [-0.39, 0.29) is 11.7 Å². The van der Waals surface area contributed by atoms with E-state index in [1.165, 1.54) is 11.7 Å². The van der Waals surface area contributed by atoms with Gasteiger partial charge in [0.15, 0.2) is 5.65 Å². The van der Waals surface area contributed by atoms with Gasteiger partial charge in [0.05, 0.1) is 24.8 Å². The third kappa shape index (κ3) is 3.03. The summed E-state index contributed by atoms with van der Waals surface area (Å²) in [6.07, 6.45) is 0.923. The molecule has 2 heterocycles. The molecule has 2 aromatic heterocycles. The van der Waals surface area contributed by atoms with Crippen molar-refractivity contribution in [3.05, 3.63) is 34.7 Å². The Kier molecular flexibility index (Phi) is 4.01. The van der Waals surface area contributed by atoms with E-state index >= 15 is 0 Å². The fourth-order valence-corrected chi connectivity index (χ4v) is 2.38. The van der Waals surface area contributed by atoms with Crippen LogP contribution in [-0.2, 0) is 16.6 Å². The highest BCUT2D eigenvalue weighted by molar-refractivity contribution is 5.90. The summed E-state index contributed by atoms with van der Waals surface area (Å²) >= 11 is 0. The second-order valence-electron chi connectivity index (χ2n) is 5.23. The lowest BCUT2D eigenvalue weighted by atomic mass is 10.2. The number of pyridine rings is 1. The fourth-order valence-electron chi connectivity index (χ4n) is 2.38. The number of benzene rings is 1. The molecule has 1 N–H and O–H groups in total. The van der Waals surface area contributed by atoms with Crippen LogP contribution >= 0.6 is 0 Å². The van der Waals surface area contributed by atoms with Gasteiger partial charge in [-0.2, -0.15) is 0 Å². The Balaban J connectivity index is 1.80. The van der Waals surface area contributed by atoms with Crippen LogP contribution in [0.2, 0.25) is 0 Å². The third-order valence-electron chi connectivity index (χ3n) is 3.68. The first kappa shape index (κ1) is 15.1. The van der Waals surface area contributed by atoms with Crippen molar-refractivity contribution in [1.29, 1.82) is 0 Å². The van der Waals surface area contributed by atoms with E-state index in [4.69, 9.17) is 4.74 Å². The SMILES string of the molecule is COC(=O)CCCOc1ccc2nc3[nH]c(=O)n(C)c3cc2c1. The first-order chi connectivity index (χ1) is 11.1. The van der Waals surface area contributed by atoms with E-state index in [1.807, 2.05) is 24.3 Å². The van der Waals surface area contributed by atoms with Crippen molar-refractivity contribution in [2.45, 2.75) is 12.8 Å². The number of hydrogen-bond acceptors (Lipinski definition) is 5. The van der Waals surface area contributed by atoms with Gasteiger partial charge in [-0.15, -0.1) is 0 Å². The van der Waals surface area contributed by atoms with Crippen LogP contribution in [0.15, 0.2) is 29.1 Å². The molecule has 0 unspecified atom stereocenters. The zero-order valence-corrected chi connectivity index (χ0v) is 13.0. The van der Waals surface area contributed by atoms with Gasteiger partial charge in [-0.05, 0) is 30.7 Å². The number of ether oxygens (including phenoxy) is 2. The number of fused-ring (bicyclic) bond motifs is 2. The average Bonchev–Trinajstić information content (AvgIpc) is 2.83. The Labute approximate surface area is 131 Å². The predicted molar refractivity (Wildman–Crippen MR) is 85.6 cm³/mol. The molecule has 7 nitrogen and oxygen atoms in total. The standard InChI is InChI=1S/C16H17N3O4/c1-19-13-9-10-8-11(23-7-3-4-14(20)22-2)5-6-12(10)17-15(13)18-16(19)21/h5-6,8-9H,3-4,7H2,1-2H3,(H,17,18,21). The summed E-state index contributed by atoms with van der Waals surface area (Å²) in [5.41, 5.74) is 1.89. The Bertz CT molecular complexity index is 926. The molecule has 0 atom stereocenters. The lowest BCUT2D eigenvalue weighted by molar-refractivity contribution is -0.140. The minimum Gasteiger partial charge on any atom is -0.494 e. The minimum atomic E-state index is -0.243. The maximum absolute atomic E-state index is 11.6. The van der Waals surface area contributed by atoms with Gasteiger partial charge >= 0.3 is 11.7 Å². The maximum Gasteiger partial charge on any atom is 0.327 e. The van der Waals surface area contributed by atoms with Gasteiger partial charge in [0, 0.05) is 18.9 Å². The second kappa shape index (κ2) is 6.12. The smallest absolute Gasteiger partial charge is 0.327 e. The summed E-state index contributed by atoms with van der Waals surface area (Å²) in [5, 5.41) is 0.887. The Morgan fingerprint density at radius 2 is 2.17 bits per heavy atom. The molecule has 0 saturated heterocycles. The number of aromatic nitrogens is 3. The van der Waals surface area contributed by atoms with Crippen LogP contribution in [0.25, 0.3) is 22.1 Å². The molecule has 0 aliphatic carbocycles. The summed E-state index contributed by atoms with van der Waals surface area (Å²) in [6.45, 7) is 0.429. The topological polar surface area (TPSA) is 86.2 Å². The van der Waals surface area contributed by atoms with Crippen LogP contribution in [0.3, 0.4) is 0 Å². The normalized spacial score (nSPS) is 11.0. The van der Waals surface area contributed by atoms with Crippen LogP contribution in [-0.4, -0.2) is 34.2 Å². The molecule has 3 rings (SSSR count). The molecular formula is C16H17N3O4. The highest BCUT2D eigenvalue weighted by atomic mass is 16.5. The molecule has 0 aliphatic rings. The maximum atomic E-state index is 11.6. The molecule has 0 amide bonds. The highest BCUT2D eigenvalue weighted by Crippen LogP contribution is 2.22. The zero-order chi connectivity index (χ0) is 16.4. The molecule has 0 saturated carbocycles. The summed E-state index contributed by atoms with van der Waals surface area (Å²) in [5.74, 6) is 0.455. The van der Waals surface area contributed by atoms with E-state index in [0.29, 0.717) is 30.8 Å². The molecular weight excluding hydrogens is 298 g/mol. The summed E-state index contributed by atoms with van der Waals surface area (Å²) in [6, 6.07) is 7.43. The predicted octanol–water partition coefficient (Wildman–Crippen LogP) is 1.75. The van der Waals surface area contributed by atoms with E-state index < -0.39 is 0 Å². The van der Waals surface area contributed by atoms with Crippen molar-refractivity contribution < 1.29 is 14.3 Å². The number of carbonyl (C=O) groups is 1. The van der Waals surface area contributed by atoms with E-state index in [1.54, 1.807) is 7.05 Å². The molecule has 3 aromatic rings. The first-order valence-electron chi connectivity index (χ1n) is 7.27. The second-order valence-corrected chi connectivity index (χ2v) is 5.23. The lowest BCUT2D eigenvalue weighted by Crippen LogP contribution is -2.11. The van der Waals surface area contributed by atoms with E-state index in [9.17, 15) is 9.59 Å². The van der Waals surface area contributed by atoms with Crippen molar-refractivity contribution in [3.63, 3.8) is 0 Å². The van der Waals surface area contributed by atoms with Crippen LogP contribution in [0.4, 0.5) is 0 Å². The van der Waals surface area contributed by atoms with Crippen molar-refractivity contribution in [2.75, 3.05) is 13.7 Å². The number of carbonyl (C=O) groups excluding carboxylic acids is 1. The van der Waals surface area contributed by atoms with Gasteiger partial charge in [-0.25, -0.2) is 9.78 Å². The number of nitrogens with one attached hydrogen (secondary N) is 1. The molecule has 7 heteroatoms. The van der Waals surface area contributed by atoms with Crippen LogP contribution < -0.4 is 10.4 Å². The van der Waals surface area contributed by atoms with Crippen molar-refractivity contribution >= 4 is 28.0 Å². The summed E-state index contributed by atoms with van der Waals surface area (Å²) in [4.78, 5) is 29.8. The van der Waals surface area contributed by atoms with Gasteiger partial charge < -0.3 is 9.47 Å². The number of rotatable bonds is 5. The van der Waals surface area contributed by atoms with Gasteiger partial charge in [-0.1, -0.05) is 0 Å². The lowest BCUT2D eigenvalue weighted by Gasteiger charge is -2.07. The molecule has 1 aromatic carbocycles. The average molecular weight is 315 g/mol. The molecule has 23 heavy (non-hydrogen) atoms. The number of imidazole rings is 1. The number of aromatic amines is 1. The first-order valence-corrected chi connectivity index (χ1v) is 7.27. The summed E-state index contributed by atoms with van der Waals surface area (Å²) in [7, 11) is 3.07. The zero-order valence-electron chi connectivity index (χ0n) is 13.0. The summed E-state index contributed by atoms with van der Waals surface area (Å²) < 4.78 is 11.7. The van der Waals surface area contributed by atoms with Crippen molar-refractivity contribution in [2.24, 2.45) is 7.05 Å². The van der Waals surface area contributed by atoms with Gasteiger partial charge in [0.2, 0.25) is 0 Å². The number of aryl methyl sites for hydroxylation is 1. The molecule has 0 aliphatic heterocycles. The number of esters is 1. The van der Waals surface area contributed by atoms with E-state index in [0.717, 1.165) is 16.4 Å². The minimum absolute atomic E-state index is 0.193. The van der Waals surface area contributed by atoms with E-state index in [2.05, 4.69) is 14.7 Å². The Morgan fingerprint density at radius 1 is 1.35 bits per heavy atom. The van der Waals surface area contributed by atoms with Gasteiger partial charge in [0.1, 0.15) is 5.75 Å². The number of hydrogen-bond donors (Lipinski definition) is 1. The third-order valence-corrected chi connectivity index (χ3v) is 3.68. The Morgan fingerprint density at radius 3 is 2.96 bits per heavy atom. The quantitative estimate of drug-likeness (QED) is 0.572. The molecule has 0 bridgehead atoms. The largest absolute Gasteiger partial charge is 0.494 e. The number of nitrogens with zero attached hydrogens (tertiary/aromatic N) is 2. The molecule has 0 radical (unpaired) electrons. The number of methoxy groups -OCH3 is 1. The fraction of sp³-hybridized carbons (Fsp3) is 0.312. The monoisotopic (exact) mass is 315 g/mol. The van der Waals surface area contributed by atoms with Crippen molar-refractivity contribution in [1.82, 2.24) is 14.5 Å². The molecule has 0 fully saturated rings. The van der Waals surface area contributed by atoms with Crippen LogP contribution in [0.1, 0.15) is 12.8 Å². The van der Waals surface area contributed by atoms with Gasteiger partial charge in [-0.3, -0.25) is 14.3 Å². The van der Waals surface area contributed by atoms with Crippen molar-refractivity contribution in [3.8, 4) is 5.75 Å². The molecule has 120 valence electrons. The highest BCUT2D eigenvalue weighted by Gasteiger charge is 2.07. The van der Waals surface area contributed by atoms with Gasteiger partial charge in [0.25, 0.3) is 0 Å². The van der Waals surface area contributed by atoms with Crippen LogP contribution in [0.5, 0.6) is 5.75 Å². The molecule has 0 spiro atoms.